The van der Waals surface area contributed by atoms with Crippen molar-refractivity contribution in [3.63, 3.8) is 0 Å². The Labute approximate surface area is 180 Å². The number of anilines is 3. The zero-order valence-corrected chi connectivity index (χ0v) is 17.8. The van der Waals surface area contributed by atoms with Gasteiger partial charge in [-0.2, -0.15) is 0 Å². The number of hydrogen-bond acceptors (Lipinski definition) is 5. The fraction of sp³-hybridized carbons (Fsp3) is 0.261. The minimum absolute atomic E-state index is 0.0169. The maximum Gasteiger partial charge on any atom is 0.245 e. The van der Waals surface area contributed by atoms with Crippen molar-refractivity contribution in [3.8, 4) is 11.3 Å². The standard InChI is InChI=1S/C23H24N4O2S/c1-15(2)22(29)27-11-10-17-12-16(8-9-20(17)27)19-14-30-23(25-19)26-21(28)13-24-18-6-4-3-5-7-18/h3-9,12,14-15,24H,10-11,13H2,1-2H3,(H,25,26,28). The van der Waals surface area contributed by atoms with E-state index in [4.69, 9.17) is 0 Å². The van der Waals surface area contributed by atoms with E-state index in [1.807, 2.05) is 66.6 Å². The van der Waals surface area contributed by atoms with Crippen LogP contribution in [0.2, 0.25) is 0 Å². The van der Waals surface area contributed by atoms with Crippen molar-refractivity contribution in [2.24, 2.45) is 5.92 Å². The number of nitrogens with one attached hydrogen (secondary N) is 2. The Morgan fingerprint density at radius 3 is 2.73 bits per heavy atom. The molecule has 2 N–H and O–H groups in total. The first-order chi connectivity index (χ1) is 14.5. The lowest BCUT2D eigenvalue weighted by atomic mass is 10.1. The van der Waals surface area contributed by atoms with Crippen LogP contribution in [0.15, 0.2) is 53.9 Å². The molecule has 2 heterocycles. The van der Waals surface area contributed by atoms with Crippen molar-refractivity contribution >= 4 is 39.7 Å². The third-order valence-electron chi connectivity index (χ3n) is 5.01. The van der Waals surface area contributed by atoms with Crippen LogP contribution < -0.4 is 15.5 Å². The summed E-state index contributed by atoms with van der Waals surface area (Å²) in [6.45, 7) is 4.75. The molecule has 4 rings (SSSR count). The van der Waals surface area contributed by atoms with Gasteiger partial charge in [0.05, 0.1) is 12.2 Å². The number of rotatable bonds is 6. The van der Waals surface area contributed by atoms with Crippen LogP contribution in [0, 0.1) is 5.92 Å². The molecule has 0 fully saturated rings. The SMILES string of the molecule is CC(C)C(=O)N1CCc2cc(-c3csc(NC(=O)CNc4ccccc4)n3)ccc21. The molecule has 1 aliphatic rings. The zero-order valence-electron chi connectivity index (χ0n) is 17.0. The third kappa shape index (κ3) is 4.36. The van der Waals surface area contributed by atoms with Crippen LogP contribution in [0.4, 0.5) is 16.5 Å². The molecule has 0 bridgehead atoms. The molecule has 0 radical (unpaired) electrons. The number of para-hydroxylation sites is 1. The van der Waals surface area contributed by atoms with E-state index >= 15 is 0 Å². The number of carbonyl (C=O) groups excluding carboxylic acids is 2. The van der Waals surface area contributed by atoms with E-state index in [1.165, 1.54) is 11.3 Å². The fourth-order valence-corrected chi connectivity index (χ4v) is 4.20. The van der Waals surface area contributed by atoms with Crippen molar-refractivity contribution in [2.45, 2.75) is 20.3 Å². The largest absolute Gasteiger partial charge is 0.376 e. The predicted octanol–water partition coefficient (Wildman–Crippen LogP) is 4.41. The first-order valence-corrected chi connectivity index (χ1v) is 10.9. The second-order valence-corrected chi connectivity index (χ2v) is 8.40. The molecule has 0 unspecified atom stereocenters. The van der Waals surface area contributed by atoms with Crippen molar-refractivity contribution in [3.05, 3.63) is 59.5 Å². The Bertz CT molecular complexity index is 1060. The summed E-state index contributed by atoms with van der Waals surface area (Å²) in [5, 5.41) is 8.44. The number of thiazole rings is 1. The van der Waals surface area contributed by atoms with Crippen molar-refractivity contribution in [2.75, 3.05) is 28.6 Å². The van der Waals surface area contributed by atoms with Gasteiger partial charge in [-0.25, -0.2) is 4.98 Å². The number of nitrogens with zero attached hydrogens (tertiary/aromatic N) is 2. The highest BCUT2D eigenvalue weighted by molar-refractivity contribution is 7.14. The molecule has 0 spiro atoms. The number of aromatic nitrogens is 1. The van der Waals surface area contributed by atoms with E-state index in [2.05, 4.69) is 21.7 Å². The summed E-state index contributed by atoms with van der Waals surface area (Å²) >= 11 is 1.40. The van der Waals surface area contributed by atoms with Crippen LogP contribution in [0.3, 0.4) is 0 Å². The van der Waals surface area contributed by atoms with E-state index in [0.29, 0.717) is 5.13 Å². The quantitative estimate of drug-likeness (QED) is 0.620. The monoisotopic (exact) mass is 420 g/mol. The summed E-state index contributed by atoms with van der Waals surface area (Å²) in [7, 11) is 0. The number of hydrogen-bond donors (Lipinski definition) is 2. The molecule has 0 saturated carbocycles. The first kappa shape index (κ1) is 20.1. The normalized spacial score (nSPS) is 12.7. The van der Waals surface area contributed by atoms with E-state index in [1.54, 1.807) is 0 Å². The van der Waals surface area contributed by atoms with E-state index in [-0.39, 0.29) is 24.3 Å². The van der Waals surface area contributed by atoms with Crippen molar-refractivity contribution in [1.29, 1.82) is 0 Å². The van der Waals surface area contributed by atoms with Gasteiger partial charge in [-0.3, -0.25) is 9.59 Å². The summed E-state index contributed by atoms with van der Waals surface area (Å²) in [6.07, 6.45) is 0.848. The van der Waals surface area contributed by atoms with Gasteiger partial charge in [0, 0.05) is 34.8 Å². The smallest absolute Gasteiger partial charge is 0.245 e. The Balaban J connectivity index is 1.41. The van der Waals surface area contributed by atoms with Gasteiger partial charge in [-0.15, -0.1) is 11.3 Å². The van der Waals surface area contributed by atoms with Gasteiger partial charge in [-0.1, -0.05) is 38.1 Å². The maximum atomic E-state index is 12.4. The van der Waals surface area contributed by atoms with Crippen molar-refractivity contribution < 1.29 is 9.59 Å². The minimum atomic E-state index is -0.142. The van der Waals surface area contributed by atoms with Gasteiger partial charge in [0.25, 0.3) is 0 Å². The molecule has 3 aromatic rings. The minimum Gasteiger partial charge on any atom is -0.376 e. The molecule has 2 aromatic carbocycles. The van der Waals surface area contributed by atoms with Crippen LogP contribution in [0.5, 0.6) is 0 Å². The molecule has 6 nitrogen and oxygen atoms in total. The van der Waals surface area contributed by atoms with Crippen LogP contribution in [-0.2, 0) is 16.0 Å². The van der Waals surface area contributed by atoms with Gasteiger partial charge in [0.1, 0.15) is 0 Å². The molecule has 2 amide bonds. The summed E-state index contributed by atoms with van der Waals surface area (Å²) < 4.78 is 0. The Hall–Kier alpha value is -3.19. The summed E-state index contributed by atoms with van der Waals surface area (Å²) in [6, 6.07) is 15.7. The Morgan fingerprint density at radius 1 is 1.17 bits per heavy atom. The highest BCUT2D eigenvalue weighted by Crippen LogP contribution is 2.34. The molecular weight excluding hydrogens is 396 g/mol. The predicted molar refractivity (Wildman–Crippen MR) is 122 cm³/mol. The van der Waals surface area contributed by atoms with Gasteiger partial charge < -0.3 is 15.5 Å². The topological polar surface area (TPSA) is 74.3 Å². The second-order valence-electron chi connectivity index (χ2n) is 7.54. The number of amides is 2. The highest BCUT2D eigenvalue weighted by atomic mass is 32.1. The van der Waals surface area contributed by atoms with Gasteiger partial charge in [-0.05, 0) is 36.2 Å². The van der Waals surface area contributed by atoms with Crippen LogP contribution in [0.25, 0.3) is 11.3 Å². The van der Waals surface area contributed by atoms with Crippen LogP contribution in [0.1, 0.15) is 19.4 Å². The van der Waals surface area contributed by atoms with Crippen LogP contribution in [-0.4, -0.2) is 29.9 Å². The lowest BCUT2D eigenvalue weighted by molar-refractivity contribution is -0.121. The lowest BCUT2D eigenvalue weighted by Gasteiger charge is -2.19. The average Bonchev–Trinajstić information content (AvgIpc) is 3.39. The maximum absolute atomic E-state index is 12.4. The molecule has 0 atom stereocenters. The molecule has 1 aliphatic heterocycles. The van der Waals surface area contributed by atoms with E-state index in [9.17, 15) is 9.59 Å². The second kappa shape index (κ2) is 8.67. The molecule has 154 valence electrons. The fourth-order valence-electron chi connectivity index (χ4n) is 3.47. The highest BCUT2D eigenvalue weighted by Gasteiger charge is 2.26. The molecule has 30 heavy (non-hydrogen) atoms. The lowest BCUT2D eigenvalue weighted by Crippen LogP contribution is -2.32. The summed E-state index contributed by atoms with van der Waals surface area (Å²) in [5.41, 5.74) is 4.87. The molecule has 0 aliphatic carbocycles. The van der Waals surface area contributed by atoms with Crippen LogP contribution >= 0.6 is 11.3 Å². The van der Waals surface area contributed by atoms with E-state index < -0.39 is 0 Å². The van der Waals surface area contributed by atoms with Gasteiger partial charge >= 0.3 is 0 Å². The van der Waals surface area contributed by atoms with Gasteiger partial charge in [0.15, 0.2) is 5.13 Å². The van der Waals surface area contributed by atoms with E-state index in [0.717, 1.165) is 41.2 Å². The zero-order chi connectivity index (χ0) is 21.1. The summed E-state index contributed by atoms with van der Waals surface area (Å²) in [4.78, 5) is 31.0. The Morgan fingerprint density at radius 2 is 1.97 bits per heavy atom. The molecular formula is C23H24N4O2S. The molecule has 7 heteroatoms. The van der Waals surface area contributed by atoms with Crippen molar-refractivity contribution in [1.82, 2.24) is 4.98 Å². The number of benzene rings is 2. The molecule has 0 saturated heterocycles. The van der Waals surface area contributed by atoms with Gasteiger partial charge in [0.2, 0.25) is 11.8 Å². The Kier molecular flexibility index (Phi) is 5.81. The molecule has 1 aromatic heterocycles. The first-order valence-electron chi connectivity index (χ1n) is 10.0. The average molecular weight is 421 g/mol. The third-order valence-corrected chi connectivity index (χ3v) is 5.77. The summed E-state index contributed by atoms with van der Waals surface area (Å²) in [5.74, 6) is -0.00228. The number of fused-ring (bicyclic) bond motifs is 1. The number of carbonyl (C=O) groups is 2.